The number of carbonyl (C=O) groups is 1. The summed E-state index contributed by atoms with van der Waals surface area (Å²) in [6.07, 6.45) is 1.61. The second-order valence-corrected chi connectivity index (χ2v) is 4.39. The molecule has 5 nitrogen and oxygen atoms in total. The molecule has 1 atom stereocenters. The average molecular weight is 258 g/mol. The molecule has 1 unspecified atom stereocenters. The van der Waals surface area contributed by atoms with Gasteiger partial charge >= 0.3 is 0 Å². The molecule has 0 saturated carbocycles. The first-order valence-corrected chi connectivity index (χ1v) is 6.19. The monoisotopic (exact) mass is 258 g/mol. The standard InChI is InChI=1S/C14H18N4O/c1-10(15-2)11-6-4-5-7-12(11)17-14(19)13-8-9-16-18(13)3/h4-10,15H,1-3H3,(H,17,19). The number of hydrogen-bond acceptors (Lipinski definition) is 3. The van der Waals surface area contributed by atoms with E-state index in [1.807, 2.05) is 31.3 Å². The van der Waals surface area contributed by atoms with E-state index in [1.54, 1.807) is 24.0 Å². The Morgan fingerprint density at radius 1 is 1.32 bits per heavy atom. The molecular weight excluding hydrogens is 240 g/mol. The van der Waals surface area contributed by atoms with E-state index in [4.69, 9.17) is 0 Å². The maximum Gasteiger partial charge on any atom is 0.273 e. The van der Waals surface area contributed by atoms with E-state index in [1.165, 1.54) is 0 Å². The lowest BCUT2D eigenvalue weighted by Gasteiger charge is -2.16. The van der Waals surface area contributed by atoms with Crippen molar-refractivity contribution in [3.63, 3.8) is 0 Å². The normalized spacial score (nSPS) is 12.2. The molecule has 1 amide bonds. The van der Waals surface area contributed by atoms with E-state index in [0.717, 1.165) is 11.3 Å². The summed E-state index contributed by atoms with van der Waals surface area (Å²) in [5, 5.41) is 10.1. The molecule has 0 saturated heterocycles. The number of anilines is 1. The van der Waals surface area contributed by atoms with Crippen LogP contribution in [-0.4, -0.2) is 22.7 Å². The molecule has 100 valence electrons. The third kappa shape index (κ3) is 2.82. The van der Waals surface area contributed by atoms with Gasteiger partial charge < -0.3 is 10.6 Å². The zero-order valence-electron chi connectivity index (χ0n) is 11.3. The lowest BCUT2D eigenvalue weighted by atomic mass is 10.1. The van der Waals surface area contributed by atoms with E-state index in [2.05, 4.69) is 22.7 Å². The van der Waals surface area contributed by atoms with Crippen molar-refractivity contribution in [2.45, 2.75) is 13.0 Å². The molecule has 0 aliphatic rings. The summed E-state index contributed by atoms with van der Waals surface area (Å²) in [6.45, 7) is 2.05. The fraction of sp³-hybridized carbons (Fsp3) is 0.286. The number of aryl methyl sites for hydroxylation is 1. The molecule has 0 aliphatic carbocycles. The summed E-state index contributed by atoms with van der Waals surface area (Å²) >= 11 is 0. The molecular formula is C14H18N4O. The Kier molecular flexibility index (Phi) is 3.97. The maximum absolute atomic E-state index is 12.2. The zero-order valence-corrected chi connectivity index (χ0v) is 11.3. The maximum atomic E-state index is 12.2. The summed E-state index contributed by atoms with van der Waals surface area (Å²) < 4.78 is 1.56. The van der Waals surface area contributed by atoms with Crippen molar-refractivity contribution >= 4 is 11.6 Å². The number of rotatable bonds is 4. The van der Waals surface area contributed by atoms with Gasteiger partial charge in [0.15, 0.2) is 0 Å². The molecule has 0 fully saturated rings. The minimum atomic E-state index is -0.157. The van der Waals surface area contributed by atoms with Gasteiger partial charge in [0.2, 0.25) is 0 Å². The highest BCUT2D eigenvalue weighted by Crippen LogP contribution is 2.22. The first-order valence-electron chi connectivity index (χ1n) is 6.19. The Morgan fingerprint density at radius 2 is 2.05 bits per heavy atom. The number of para-hydroxylation sites is 1. The first kappa shape index (κ1) is 13.3. The summed E-state index contributed by atoms with van der Waals surface area (Å²) in [6, 6.07) is 9.63. The molecule has 1 aromatic carbocycles. The topological polar surface area (TPSA) is 58.9 Å². The third-order valence-electron chi connectivity index (χ3n) is 3.16. The van der Waals surface area contributed by atoms with Gasteiger partial charge in [0.1, 0.15) is 5.69 Å². The van der Waals surface area contributed by atoms with Crippen molar-refractivity contribution in [3.05, 3.63) is 47.8 Å². The van der Waals surface area contributed by atoms with Gasteiger partial charge in [-0.1, -0.05) is 18.2 Å². The first-order chi connectivity index (χ1) is 9.13. The second-order valence-electron chi connectivity index (χ2n) is 4.39. The van der Waals surface area contributed by atoms with Crippen molar-refractivity contribution in [2.24, 2.45) is 7.05 Å². The molecule has 19 heavy (non-hydrogen) atoms. The van der Waals surface area contributed by atoms with Crippen LogP contribution in [0.4, 0.5) is 5.69 Å². The SMILES string of the molecule is CNC(C)c1ccccc1NC(=O)c1ccnn1C. The average Bonchev–Trinajstić information content (AvgIpc) is 2.85. The van der Waals surface area contributed by atoms with Crippen LogP contribution in [0.5, 0.6) is 0 Å². The summed E-state index contributed by atoms with van der Waals surface area (Å²) in [5.41, 5.74) is 2.41. The summed E-state index contributed by atoms with van der Waals surface area (Å²) in [5.74, 6) is -0.157. The number of nitrogens with one attached hydrogen (secondary N) is 2. The van der Waals surface area contributed by atoms with Gasteiger partial charge in [-0.2, -0.15) is 5.10 Å². The molecule has 2 aromatic rings. The van der Waals surface area contributed by atoms with Gasteiger partial charge in [0.25, 0.3) is 5.91 Å². The highest BCUT2D eigenvalue weighted by Gasteiger charge is 2.14. The quantitative estimate of drug-likeness (QED) is 0.881. The second kappa shape index (κ2) is 5.67. The lowest BCUT2D eigenvalue weighted by Crippen LogP contribution is -2.19. The van der Waals surface area contributed by atoms with Gasteiger partial charge in [0.05, 0.1) is 0 Å². The van der Waals surface area contributed by atoms with Gasteiger partial charge in [-0.15, -0.1) is 0 Å². The fourth-order valence-corrected chi connectivity index (χ4v) is 1.93. The van der Waals surface area contributed by atoms with Crippen LogP contribution in [0.2, 0.25) is 0 Å². The molecule has 1 aromatic heterocycles. The van der Waals surface area contributed by atoms with E-state index in [0.29, 0.717) is 5.69 Å². The van der Waals surface area contributed by atoms with Crippen molar-refractivity contribution < 1.29 is 4.79 Å². The number of hydrogen-bond donors (Lipinski definition) is 2. The van der Waals surface area contributed by atoms with E-state index >= 15 is 0 Å². The Bertz CT molecular complexity index is 576. The number of aromatic nitrogens is 2. The fourth-order valence-electron chi connectivity index (χ4n) is 1.93. The van der Waals surface area contributed by atoms with Crippen LogP contribution in [0.15, 0.2) is 36.5 Å². The zero-order chi connectivity index (χ0) is 13.8. The molecule has 0 spiro atoms. The number of nitrogens with zero attached hydrogens (tertiary/aromatic N) is 2. The van der Waals surface area contributed by atoms with Crippen LogP contribution in [0, 0.1) is 0 Å². The minimum Gasteiger partial charge on any atom is -0.320 e. The predicted molar refractivity (Wildman–Crippen MR) is 75.1 cm³/mol. The molecule has 1 heterocycles. The molecule has 5 heteroatoms. The van der Waals surface area contributed by atoms with Crippen LogP contribution in [0.1, 0.15) is 29.0 Å². The van der Waals surface area contributed by atoms with E-state index in [-0.39, 0.29) is 11.9 Å². The number of benzene rings is 1. The number of amides is 1. The van der Waals surface area contributed by atoms with Gasteiger partial charge in [0, 0.05) is 25.0 Å². The largest absolute Gasteiger partial charge is 0.320 e. The predicted octanol–water partition coefficient (Wildman–Crippen LogP) is 1.95. The van der Waals surface area contributed by atoms with Crippen LogP contribution in [0.25, 0.3) is 0 Å². The van der Waals surface area contributed by atoms with Crippen LogP contribution >= 0.6 is 0 Å². The van der Waals surface area contributed by atoms with Crippen molar-refractivity contribution in [1.82, 2.24) is 15.1 Å². The molecule has 2 rings (SSSR count). The highest BCUT2D eigenvalue weighted by molar-refractivity contribution is 6.03. The Morgan fingerprint density at radius 3 is 2.68 bits per heavy atom. The van der Waals surface area contributed by atoms with Crippen LogP contribution in [-0.2, 0) is 7.05 Å². The van der Waals surface area contributed by atoms with E-state index < -0.39 is 0 Å². The minimum absolute atomic E-state index is 0.157. The molecule has 0 bridgehead atoms. The lowest BCUT2D eigenvalue weighted by molar-refractivity contribution is 0.101. The van der Waals surface area contributed by atoms with E-state index in [9.17, 15) is 4.79 Å². The Balaban J connectivity index is 2.24. The van der Waals surface area contributed by atoms with Crippen LogP contribution < -0.4 is 10.6 Å². The Labute approximate surface area is 112 Å². The van der Waals surface area contributed by atoms with Crippen molar-refractivity contribution in [2.75, 3.05) is 12.4 Å². The Hall–Kier alpha value is -2.14. The molecule has 2 N–H and O–H groups in total. The summed E-state index contributed by atoms with van der Waals surface area (Å²) in [4.78, 5) is 12.2. The summed E-state index contributed by atoms with van der Waals surface area (Å²) in [7, 11) is 3.64. The van der Waals surface area contributed by atoms with Crippen molar-refractivity contribution in [1.29, 1.82) is 0 Å². The number of carbonyl (C=O) groups excluding carboxylic acids is 1. The van der Waals surface area contributed by atoms with Crippen LogP contribution in [0.3, 0.4) is 0 Å². The molecule has 0 radical (unpaired) electrons. The van der Waals surface area contributed by atoms with Gasteiger partial charge in [-0.25, -0.2) is 0 Å². The van der Waals surface area contributed by atoms with Gasteiger partial charge in [-0.3, -0.25) is 9.48 Å². The van der Waals surface area contributed by atoms with Gasteiger partial charge in [-0.05, 0) is 31.7 Å². The van der Waals surface area contributed by atoms with Crippen molar-refractivity contribution in [3.8, 4) is 0 Å². The highest BCUT2D eigenvalue weighted by atomic mass is 16.2. The molecule has 0 aliphatic heterocycles. The third-order valence-corrected chi connectivity index (χ3v) is 3.16. The smallest absolute Gasteiger partial charge is 0.273 e.